The van der Waals surface area contributed by atoms with E-state index in [2.05, 4.69) is 9.72 Å². The Morgan fingerprint density at radius 3 is 2.54 bits per heavy atom. The van der Waals surface area contributed by atoms with Crippen molar-refractivity contribution in [3.05, 3.63) is 23.6 Å². The summed E-state index contributed by atoms with van der Waals surface area (Å²) in [4.78, 5) is 3.81. The first kappa shape index (κ1) is 9.92. The van der Waals surface area contributed by atoms with Gasteiger partial charge in [0.05, 0.1) is 12.8 Å². The third-order valence-corrected chi connectivity index (χ3v) is 1.63. The average molecular weight is 185 g/mol. The Morgan fingerprint density at radius 2 is 2.08 bits per heavy atom. The molecule has 0 spiro atoms. The highest BCUT2D eigenvalue weighted by molar-refractivity contribution is 5.21. The maximum Gasteiger partial charge on any atom is 0.250 e. The summed E-state index contributed by atoms with van der Waals surface area (Å²) in [5.74, 6) is -0.630. The van der Waals surface area contributed by atoms with Gasteiger partial charge in [-0.15, -0.1) is 0 Å². The summed E-state index contributed by atoms with van der Waals surface area (Å²) in [7, 11) is 1.33. The van der Waals surface area contributed by atoms with Gasteiger partial charge < -0.3 is 9.84 Å². The van der Waals surface area contributed by atoms with Gasteiger partial charge in [0.2, 0.25) is 5.88 Å². The first-order valence-corrected chi connectivity index (χ1v) is 3.88. The summed E-state index contributed by atoms with van der Waals surface area (Å²) in [5, 5.41) is 9.56. The van der Waals surface area contributed by atoms with Crippen LogP contribution in [0.4, 0.5) is 4.39 Å². The van der Waals surface area contributed by atoms with E-state index >= 15 is 0 Å². The standard InChI is InChI=1S/C9H12FNO2/c1-9(2,12)7-5-4-6(10)8(11-7)13-3/h4-5,12H,1-3H3. The van der Waals surface area contributed by atoms with Crippen LogP contribution in [0.2, 0.25) is 0 Å². The van der Waals surface area contributed by atoms with Crippen molar-refractivity contribution in [1.82, 2.24) is 4.98 Å². The number of ether oxygens (including phenoxy) is 1. The fourth-order valence-corrected chi connectivity index (χ4v) is 0.907. The van der Waals surface area contributed by atoms with Crippen LogP contribution in [0.15, 0.2) is 12.1 Å². The summed E-state index contributed by atoms with van der Waals surface area (Å²) in [6.07, 6.45) is 0. The number of methoxy groups -OCH3 is 1. The van der Waals surface area contributed by atoms with Crippen molar-refractivity contribution in [2.75, 3.05) is 7.11 Å². The monoisotopic (exact) mass is 185 g/mol. The van der Waals surface area contributed by atoms with Crippen LogP contribution in [-0.2, 0) is 5.60 Å². The van der Waals surface area contributed by atoms with E-state index in [4.69, 9.17) is 0 Å². The Labute approximate surface area is 76.2 Å². The smallest absolute Gasteiger partial charge is 0.250 e. The molecule has 1 aromatic rings. The average Bonchev–Trinajstić information content (AvgIpc) is 2.03. The van der Waals surface area contributed by atoms with E-state index in [0.29, 0.717) is 5.69 Å². The van der Waals surface area contributed by atoms with Gasteiger partial charge in [-0.3, -0.25) is 0 Å². The summed E-state index contributed by atoms with van der Waals surface area (Å²) < 4.78 is 17.6. The van der Waals surface area contributed by atoms with E-state index < -0.39 is 11.4 Å². The normalized spacial score (nSPS) is 11.5. The Hall–Kier alpha value is -1.16. The second-order valence-corrected chi connectivity index (χ2v) is 3.25. The van der Waals surface area contributed by atoms with Gasteiger partial charge >= 0.3 is 0 Å². The molecule has 1 rings (SSSR count). The maximum absolute atomic E-state index is 12.9. The van der Waals surface area contributed by atoms with Gasteiger partial charge in [-0.2, -0.15) is 0 Å². The van der Waals surface area contributed by atoms with Gasteiger partial charge in [0.25, 0.3) is 0 Å². The van der Waals surface area contributed by atoms with Gasteiger partial charge in [0, 0.05) is 0 Å². The molecule has 72 valence electrons. The zero-order chi connectivity index (χ0) is 10.1. The van der Waals surface area contributed by atoms with Crippen LogP contribution in [0.25, 0.3) is 0 Å². The molecule has 1 aromatic heterocycles. The van der Waals surface area contributed by atoms with Crippen LogP contribution in [0.3, 0.4) is 0 Å². The lowest BCUT2D eigenvalue weighted by molar-refractivity contribution is 0.0729. The molecule has 0 unspecified atom stereocenters. The summed E-state index contributed by atoms with van der Waals surface area (Å²) >= 11 is 0. The zero-order valence-corrected chi connectivity index (χ0v) is 7.84. The number of hydrogen-bond donors (Lipinski definition) is 1. The number of halogens is 1. The predicted molar refractivity (Wildman–Crippen MR) is 46.0 cm³/mol. The van der Waals surface area contributed by atoms with E-state index in [-0.39, 0.29) is 5.88 Å². The number of hydrogen-bond acceptors (Lipinski definition) is 3. The predicted octanol–water partition coefficient (Wildman–Crippen LogP) is 1.46. The molecule has 3 nitrogen and oxygen atoms in total. The van der Waals surface area contributed by atoms with E-state index in [1.807, 2.05) is 0 Å². The lowest BCUT2D eigenvalue weighted by Crippen LogP contribution is -2.17. The second-order valence-electron chi connectivity index (χ2n) is 3.25. The van der Waals surface area contributed by atoms with Crippen molar-refractivity contribution in [1.29, 1.82) is 0 Å². The van der Waals surface area contributed by atoms with E-state index in [1.165, 1.54) is 19.2 Å². The number of pyridine rings is 1. The van der Waals surface area contributed by atoms with Crippen LogP contribution in [-0.4, -0.2) is 17.2 Å². The van der Waals surface area contributed by atoms with Crippen LogP contribution < -0.4 is 4.74 Å². The maximum atomic E-state index is 12.9. The molecule has 13 heavy (non-hydrogen) atoms. The summed E-state index contributed by atoms with van der Waals surface area (Å²) in [5.41, 5.74) is -0.702. The van der Waals surface area contributed by atoms with Crippen molar-refractivity contribution >= 4 is 0 Å². The molecule has 1 heterocycles. The van der Waals surface area contributed by atoms with Gasteiger partial charge in [-0.05, 0) is 26.0 Å². The summed E-state index contributed by atoms with van der Waals surface area (Å²) in [6, 6.07) is 2.65. The minimum absolute atomic E-state index is 0.0976. The Bertz CT molecular complexity index is 307. The largest absolute Gasteiger partial charge is 0.479 e. The van der Waals surface area contributed by atoms with E-state index in [1.54, 1.807) is 13.8 Å². The van der Waals surface area contributed by atoms with Gasteiger partial charge in [0.1, 0.15) is 5.60 Å². The Kier molecular flexibility index (Phi) is 2.52. The minimum Gasteiger partial charge on any atom is -0.479 e. The fraction of sp³-hybridized carbons (Fsp3) is 0.444. The summed E-state index contributed by atoms with van der Waals surface area (Å²) in [6.45, 7) is 3.15. The third-order valence-electron chi connectivity index (χ3n) is 1.63. The van der Waals surface area contributed by atoms with Crippen LogP contribution >= 0.6 is 0 Å². The fourth-order valence-electron chi connectivity index (χ4n) is 0.907. The highest BCUT2D eigenvalue weighted by Gasteiger charge is 2.19. The molecule has 0 radical (unpaired) electrons. The molecular weight excluding hydrogens is 173 g/mol. The zero-order valence-electron chi connectivity index (χ0n) is 7.84. The Balaban J connectivity index is 3.14. The van der Waals surface area contributed by atoms with Crippen molar-refractivity contribution in [2.24, 2.45) is 0 Å². The quantitative estimate of drug-likeness (QED) is 0.758. The second kappa shape index (κ2) is 3.30. The molecule has 0 aliphatic rings. The van der Waals surface area contributed by atoms with Crippen LogP contribution in [0.1, 0.15) is 19.5 Å². The minimum atomic E-state index is -1.08. The van der Waals surface area contributed by atoms with Gasteiger partial charge in [-0.1, -0.05) is 0 Å². The SMILES string of the molecule is COc1nc(C(C)(C)O)ccc1F. The molecule has 0 bridgehead atoms. The van der Waals surface area contributed by atoms with E-state index in [9.17, 15) is 9.50 Å². The first-order valence-electron chi connectivity index (χ1n) is 3.88. The lowest BCUT2D eigenvalue weighted by atomic mass is 10.1. The molecular formula is C9H12FNO2. The Morgan fingerprint density at radius 1 is 1.46 bits per heavy atom. The molecule has 0 aliphatic heterocycles. The molecule has 0 fully saturated rings. The molecule has 0 saturated heterocycles. The molecule has 1 N–H and O–H groups in total. The molecule has 0 aromatic carbocycles. The van der Waals surface area contributed by atoms with Crippen molar-refractivity contribution in [3.63, 3.8) is 0 Å². The first-order chi connectivity index (χ1) is 5.95. The molecule has 0 amide bonds. The molecule has 0 aliphatic carbocycles. The lowest BCUT2D eigenvalue weighted by Gasteiger charge is -2.16. The van der Waals surface area contributed by atoms with Crippen molar-refractivity contribution in [2.45, 2.75) is 19.4 Å². The van der Waals surface area contributed by atoms with Gasteiger partial charge in [0.15, 0.2) is 5.82 Å². The molecule has 0 atom stereocenters. The number of nitrogens with zero attached hydrogens (tertiary/aromatic N) is 1. The third kappa shape index (κ3) is 2.15. The number of aromatic nitrogens is 1. The van der Waals surface area contributed by atoms with Crippen molar-refractivity contribution < 1.29 is 14.2 Å². The van der Waals surface area contributed by atoms with E-state index in [0.717, 1.165) is 0 Å². The number of rotatable bonds is 2. The van der Waals surface area contributed by atoms with Gasteiger partial charge in [-0.25, -0.2) is 9.37 Å². The highest BCUT2D eigenvalue weighted by atomic mass is 19.1. The molecule has 4 heteroatoms. The highest BCUT2D eigenvalue weighted by Crippen LogP contribution is 2.21. The molecule has 0 saturated carbocycles. The van der Waals surface area contributed by atoms with Crippen LogP contribution in [0.5, 0.6) is 5.88 Å². The number of aliphatic hydroxyl groups is 1. The van der Waals surface area contributed by atoms with Crippen LogP contribution in [0, 0.1) is 5.82 Å². The topological polar surface area (TPSA) is 42.4 Å². The van der Waals surface area contributed by atoms with Crippen molar-refractivity contribution in [3.8, 4) is 5.88 Å².